The van der Waals surface area contributed by atoms with E-state index in [-0.39, 0.29) is 5.43 Å². The third kappa shape index (κ3) is 4.89. The Bertz CT molecular complexity index is 1700. The van der Waals surface area contributed by atoms with Crippen LogP contribution < -0.4 is 10.2 Å². The fraction of sp³-hybridized carbons (Fsp3) is 0.207. The van der Waals surface area contributed by atoms with Crippen LogP contribution in [0.4, 0.5) is 5.82 Å². The number of hydrogen-bond donors (Lipinski definition) is 2. The Morgan fingerprint density at radius 3 is 2.62 bits per heavy atom. The van der Waals surface area contributed by atoms with E-state index in [0.29, 0.717) is 39.2 Å². The number of nitrogens with zero attached hydrogens (tertiary/aromatic N) is 2. The average molecular weight is 529 g/mol. The molecule has 37 heavy (non-hydrogen) atoms. The van der Waals surface area contributed by atoms with Crippen LogP contribution >= 0.6 is 11.6 Å². The van der Waals surface area contributed by atoms with E-state index in [9.17, 15) is 9.00 Å². The van der Waals surface area contributed by atoms with Crippen molar-refractivity contribution in [2.45, 2.75) is 25.7 Å². The minimum Gasteiger partial charge on any atom is -0.325 e. The number of hydrogen-bond acceptors (Lipinski definition) is 4. The van der Waals surface area contributed by atoms with Gasteiger partial charge in [0.1, 0.15) is 22.5 Å². The number of aromatic nitrogens is 3. The van der Waals surface area contributed by atoms with Crippen molar-refractivity contribution in [3.8, 4) is 22.4 Å². The van der Waals surface area contributed by atoms with E-state index in [1.165, 1.54) is 18.9 Å². The van der Waals surface area contributed by atoms with Crippen molar-refractivity contribution in [1.29, 1.82) is 0 Å². The Hall–Kier alpha value is -3.55. The summed E-state index contributed by atoms with van der Waals surface area (Å²) < 4.78 is 15.7. The molecule has 1 aliphatic rings. The molecule has 1 atom stereocenters. The summed E-state index contributed by atoms with van der Waals surface area (Å²) in [4.78, 5) is 25.7. The summed E-state index contributed by atoms with van der Waals surface area (Å²) in [5, 5.41) is 1.89. The van der Waals surface area contributed by atoms with Gasteiger partial charge in [-0.05, 0) is 48.6 Å². The first-order valence-electron chi connectivity index (χ1n) is 12.4. The highest BCUT2D eigenvalue weighted by atomic mass is 35.5. The minimum absolute atomic E-state index is 0.198. The monoisotopic (exact) mass is 528 g/mol. The number of aromatic amines is 1. The van der Waals surface area contributed by atoms with Gasteiger partial charge >= 0.3 is 0 Å². The first-order valence-corrected chi connectivity index (χ1v) is 14.1. The molecule has 1 fully saturated rings. The van der Waals surface area contributed by atoms with Crippen molar-refractivity contribution in [2.24, 2.45) is 5.92 Å². The van der Waals surface area contributed by atoms with E-state index in [2.05, 4.69) is 14.7 Å². The van der Waals surface area contributed by atoms with E-state index in [4.69, 9.17) is 16.6 Å². The van der Waals surface area contributed by atoms with Crippen LogP contribution in [0.25, 0.3) is 44.3 Å². The fourth-order valence-corrected chi connectivity index (χ4v) is 6.59. The predicted octanol–water partition coefficient (Wildman–Crippen LogP) is 6.72. The number of anilines is 1. The van der Waals surface area contributed by atoms with Crippen molar-refractivity contribution in [1.82, 2.24) is 15.0 Å². The molecule has 3 heterocycles. The minimum atomic E-state index is -1.27. The fourth-order valence-electron chi connectivity index (χ4n) is 5.12. The van der Waals surface area contributed by atoms with Crippen LogP contribution in [0, 0.1) is 5.92 Å². The van der Waals surface area contributed by atoms with E-state index in [0.717, 1.165) is 40.4 Å². The number of pyridine rings is 3. The molecule has 0 saturated heterocycles. The van der Waals surface area contributed by atoms with Crippen LogP contribution in [0.5, 0.6) is 0 Å². The van der Waals surface area contributed by atoms with Gasteiger partial charge in [0, 0.05) is 34.5 Å². The zero-order valence-corrected chi connectivity index (χ0v) is 21.6. The Labute approximate surface area is 221 Å². The van der Waals surface area contributed by atoms with Crippen LogP contribution in [0.15, 0.2) is 77.7 Å². The number of nitrogens with one attached hydrogen (secondary N) is 2. The standard InChI is InChI=1S/C29H25ClN4O2S/c30-24-14-21(13-20-11-6-12-31-28(20)24)22-15-23-25(35)16-26(34-37(36)17-18-7-4-5-8-18)32-29(23)33-27(22)19-9-2-1-3-10-19/h1-3,6,9-16,18H,4-5,7-8,17H2,(H2,32,33,34,35). The van der Waals surface area contributed by atoms with Gasteiger partial charge in [-0.25, -0.2) is 9.19 Å². The largest absolute Gasteiger partial charge is 0.325 e. The van der Waals surface area contributed by atoms with Gasteiger partial charge in [0.2, 0.25) is 0 Å². The quantitative estimate of drug-likeness (QED) is 0.256. The van der Waals surface area contributed by atoms with Crippen molar-refractivity contribution in [2.75, 3.05) is 10.5 Å². The zero-order valence-electron chi connectivity index (χ0n) is 20.0. The summed E-state index contributed by atoms with van der Waals surface area (Å²) in [6, 6.07) is 20.9. The molecule has 0 aliphatic heterocycles. The summed E-state index contributed by atoms with van der Waals surface area (Å²) in [5.74, 6) is 1.46. The molecule has 0 amide bonds. The van der Waals surface area contributed by atoms with Gasteiger partial charge in [-0.15, -0.1) is 0 Å². The molecule has 186 valence electrons. The third-order valence-electron chi connectivity index (χ3n) is 6.92. The van der Waals surface area contributed by atoms with Crippen LogP contribution in [0.1, 0.15) is 25.7 Å². The van der Waals surface area contributed by atoms with Crippen molar-refractivity contribution in [3.63, 3.8) is 0 Å². The topological polar surface area (TPSA) is 87.7 Å². The lowest BCUT2D eigenvalue weighted by Gasteiger charge is -2.14. The summed E-state index contributed by atoms with van der Waals surface area (Å²) in [6.07, 6.45) is 6.33. The molecular weight excluding hydrogens is 504 g/mol. The highest BCUT2D eigenvalue weighted by Gasteiger charge is 2.19. The average Bonchev–Trinajstić information content (AvgIpc) is 3.41. The van der Waals surface area contributed by atoms with Gasteiger partial charge in [-0.1, -0.05) is 60.8 Å². The maximum Gasteiger partial charge on any atom is 0.193 e. The number of rotatable bonds is 6. The summed E-state index contributed by atoms with van der Waals surface area (Å²) >= 11 is 6.60. The molecule has 0 bridgehead atoms. The molecule has 1 unspecified atom stereocenters. The highest BCUT2D eigenvalue weighted by molar-refractivity contribution is 7.86. The lowest BCUT2D eigenvalue weighted by molar-refractivity contribution is 0.606. The van der Waals surface area contributed by atoms with Crippen LogP contribution in [0.3, 0.4) is 0 Å². The maximum atomic E-state index is 13.2. The van der Waals surface area contributed by atoms with Crippen molar-refractivity contribution >= 4 is 50.3 Å². The van der Waals surface area contributed by atoms with Crippen molar-refractivity contribution in [3.05, 3.63) is 88.2 Å². The molecule has 6 nitrogen and oxygen atoms in total. The zero-order chi connectivity index (χ0) is 25.4. The van der Waals surface area contributed by atoms with Gasteiger partial charge < -0.3 is 4.98 Å². The summed E-state index contributed by atoms with van der Waals surface area (Å²) in [7, 11) is -1.27. The molecule has 5 aromatic rings. The van der Waals surface area contributed by atoms with Gasteiger partial charge in [-0.3, -0.25) is 14.5 Å². The molecule has 8 heteroatoms. The van der Waals surface area contributed by atoms with Gasteiger partial charge in [-0.2, -0.15) is 0 Å². The third-order valence-corrected chi connectivity index (χ3v) is 8.43. The van der Waals surface area contributed by atoms with Gasteiger partial charge in [0.25, 0.3) is 0 Å². The van der Waals surface area contributed by atoms with Gasteiger partial charge in [0.15, 0.2) is 5.43 Å². The molecule has 1 saturated carbocycles. The molecular formula is C29H25ClN4O2S. The summed E-state index contributed by atoms with van der Waals surface area (Å²) in [6.45, 7) is 0. The van der Waals surface area contributed by atoms with E-state index >= 15 is 0 Å². The Morgan fingerprint density at radius 1 is 1.00 bits per heavy atom. The first-order chi connectivity index (χ1) is 18.0. The van der Waals surface area contributed by atoms with E-state index in [1.807, 2.05) is 60.7 Å². The smallest absolute Gasteiger partial charge is 0.193 e. The Kier molecular flexibility index (Phi) is 6.49. The predicted molar refractivity (Wildman–Crippen MR) is 152 cm³/mol. The Balaban J connectivity index is 1.47. The van der Waals surface area contributed by atoms with Crippen molar-refractivity contribution < 1.29 is 4.21 Å². The second kappa shape index (κ2) is 10.1. The lowest BCUT2D eigenvalue weighted by Crippen LogP contribution is -2.17. The second-order valence-electron chi connectivity index (χ2n) is 9.49. The highest BCUT2D eigenvalue weighted by Crippen LogP contribution is 2.36. The Morgan fingerprint density at radius 2 is 1.81 bits per heavy atom. The van der Waals surface area contributed by atoms with E-state index < -0.39 is 11.0 Å². The number of benzene rings is 2. The number of halogens is 1. The lowest BCUT2D eigenvalue weighted by atomic mass is 9.97. The molecule has 1 aliphatic carbocycles. The summed E-state index contributed by atoms with van der Waals surface area (Å²) in [5.41, 5.74) is 4.22. The molecule has 2 aromatic carbocycles. The SMILES string of the molecule is O=c1cc(NS(=O)CC2CCCC2)[nH]c2nc(-c3ccccc3)c(-c3cc(Cl)c4ncccc4c3)cc12. The van der Waals surface area contributed by atoms with Gasteiger partial charge in [0.05, 0.1) is 21.6 Å². The molecule has 2 N–H and O–H groups in total. The van der Waals surface area contributed by atoms with Crippen LogP contribution in [0.2, 0.25) is 5.02 Å². The number of fused-ring (bicyclic) bond motifs is 2. The normalized spacial score (nSPS) is 14.8. The molecule has 0 radical (unpaired) electrons. The molecule has 3 aromatic heterocycles. The molecule has 6 rings (SSSR count). The second-order valence-corrected chi connectivity index (χ2v) is 11.1. The molecule has 0 spiro atoms. The maximum absolute atomic E-state index is 13.2. The van der Waals surface area contributed by atoms with Crippen LogP contribution in [-0.4, -0.2) is 24.9 Å². The number of H-pyrrole nitrogens is 1. The van der Waals surface area contributed by atoms with Crippen LogP contribution in [-0.2, 0) is 11.0 Å². The van der Waals surface area contributed by atoms with E-state index in [1.54, 1.807) is 6.20 Å². The first kappa shape index (κ1) is 23.8.